The predicted octanol–water partition coefficient (Wildman–Crippen LogP) is 3.52. The number of halogens is 1. The molecule has 0 spiro atoms. The molecule has 1 amide bonds. The fourth-order valence-corrected chi connectivity index (χ4v) is 2.92. The Hall–Kier alpha value is -2.56. The maximum Gasteiger partial charge on any atom is 0.258 e. The van der Waals surface area contributed by atoms with Crippen LogP contribution in [0.4, 0.5) is 4.39 Å². The van der Waals surface area contributed by atoms with Gasteiger partial charge in [-0.25, -0.2) is 4.39 Å². The number of fused-ring (bicyclic) bond motifs is 1. The SMILES string of the molecule is CC(C)c1cc(C(=O)N2Cc3cccc(F)c3C2)c(O)cc1O. The maximum absolute atomic E-state index is 13.8. The summed E-state index contributed by atoms with van der Waals surface area (Å²) < 4.78 is 13.8. The molecule has 1 aliphatic heterocycles. The number of amides is 1. The molecule has 0 unspecified atom stereocenters. The van der Waals surface area contributed by atoms with Crippen LogP contribution in [-0.4, -0.2) is 21.0 Å². The topological polar surface area (TPSA) is 60.8 Å². The van der Waals surface area contributed by atoms with Crippen molar-refractivity contribution in [2.24, 2.45) is 0 Å². The number of carbonyl (C=O) groups is 1. The number of hydrogen-bond donors (Lipinski definition) is 2. The average Bonchev–Trinajstić information content (AvgIpc) is 2.92. The van der Waals surface area contributed by atoms with Gasteiger partial charge in [-0.2, -0.15) is 0 Å². The van der Waals surface area contributed by atoms with Crippen molar-refractivity contribution in [3.63, 3.8) is 0 Å². The molecule has 0 saturated heterocycles. The van der Waals surface area contributed by atoms with Crippen LogP contribution in [0.2, 0.25) is 0 Å². The first-order valence-corrected chi connectivity index (χ1v) is 7.50. The number of benzene rings is 2. The highest BCUT2D eigenvalue weighted by Gasteiger charge is 2.28. The van der Waals surface area contributed by atoms with Crippen LogP contribution in [0.15, 0.2) is 30.3 Å². The highest BCUT2D eigenvalue weighted by atomic mass is 19.1. The lowest BCUT2D eigenvalue weighted by molar-refractivity contribution is 0.0747. The van der Waals surface area contributed by atoms with E-state index in [1.54, 1.807) is 12.1 Å². The standard InChI is InChI=1S/C18H18FNO3/c1-10(2)12-6-13(17(22)7-16(12)21)18(23)20-8-11-4-3-5-15(19)14(11)9-20/h3-7,10,21-22H,8-9H2,1-2H3. The first-order chi connectivity index (χ1) is 10.9. The molecule has 0 aromatic heterocycles. The summed E-state index contributed by atoms with van der Waals surface area (Å²) >= 11 is 0. The highest BCUT2D eigenvalue weighted by molar-refractivity contribution is 5.97. The molecule has 0 atom stereocenters. The number of phenols is 2. The Morgan fingerprint density at radius 1 is 1.17 bits per heavy atom. The van der Waals surface area contributed by atoms with Gasteiger partial charge in [-0.1, -0.05) is 26.0 Å². The summed E-state index contributed by atoms with van der Waals surface area (Å²) in [6.07, 6.45) is 0. The molecular weight excluding hydrogens is 297 g/mol. The molecular formula is C18H18FNO3. The molecule has 1 heterocycles. The molecule has 2 aromatic rings. The number of nitrogens with zero attached hydrogens (tertiary/aromatic N) is 1. The van der Waals surface area contributed by atoms with E-state index in [2.05, 4.69) is 0 Å². The molecule has 23 heavy (non-hydrogen) atoms. The summed E-state index contributed by atoms with van der Waals surface area (Å²) in [4.78, 5) is 14.2. The van der Waals surface area contributed by atoms with Crippen molar-refractivity contribution in [1.82, 2.24) is 4.90 Å². The Kier molecular flexibility index (Phi) is 3.72. The van der Waals surface area contributed by atoms with E-state index in [9.17, 15) is 19.4 Å². The smallest absolute Gasteiger partial charge is 0.258 e. The van der Waals surface area contributed by atoms with Crippen LogP contribution in [0.3, 0.4) is 0 Å². The number of hydrogen-bond acceptors (Lipinski definition) is 3. The minimum absolute atomic E-state index is 0.00960. The van der Waals surface area contributed by atoms with Gasteiger partial charge in [0, 0.05) is 24.7 Å². The van der Waals surface area contributed by atoms with Gasteiger partial charge >= 0.3 is 0 Å². The zero-order valence-corrected chi connectivity index (χ0v) is 13.0. The first-order valence-electron chi connectivity index (χ1n) is 7.50. The van der Waals surface area contributed by atoms with E-state index >= 15 is 0 Å². The monoisotopic (exact) mass is 315 g/mol. The molecule has 0 saturated carbocycles. The third-order valence-corrected chi connectivity index (χ3v) is 4.21. The minimum Gasteiger partial charge on any atom is -0.508 e. The zero-order chi connectivity index (χ0) is 16.7. The Labute approximate surface area is 133 Å². The second kappa shape index (κ2) is 5.57. The fourth-order valence-electron chi connectivity index (χ4n) is 2.92. The van der Waals surface area contributed by atoms with Gasteiger partial charge in [0.05, 0.1) is 5.56 Å². The van der Waals surface area contributed by atoms with E-state index < -0.39 is 0 Å². The molecule has 3 rings (SSSR count). The van der Waals surface area contributed by atoms with Crippen molar-refractivity contribution < 1.29 is 19.4 Å². The van der Waals surface area contributed by atoms with E-state index in [0.29, 0.717) is 17.7 Å². The van der Waals surface area contributed by atoms with Crippen molar-refractivity contribution >= 4 is 5.91 Å². The van der Waals surface area contributed by atoms with Crippen LogP contribution in [0, 0.1) is 5.82 Å². The van der Waals surface area contributed by atoms with E-state index in [1.807, 2.05) is 13.8 Å². The van der Waals surface area contributed by atoms with E-state index in [-0.39, 0.29) is 41.2 Å². The number of phenolic OH excluding ortho intramolecular Hbond substituents is 2. The second-order valence-corrected chi connectivity index (χ2v) is 6.12. The van der Waals surface area contributed by atoms with E-state index in [1.165, 1.54) is 23.1 Å². The van der Waals surface area contributed by atoms with Crippen LogP contribution in [-0.2, 0) is 13.1 Å². The summed E-state index contributed by atoms with van der Waals surface area (Å²) in [5.41, 5.74) is 2.01. The Bertz CT molecular complexity index is 786. The van der Waals surface area contributed by atoms with Crippen LogP contribution in [0.1, 0.15) is 46.8 Å². The molecule has 0 aliphatic carbocycles. The summed E-state index contributed by atoms with van der Waals surface area (Å²) in [6.45, 7) is 4.27. The van der Waals surface area contributed by atoms with Crippen molar-refractivity contribution in [2.45, 2.75) is 32.9 Å². The maximum atomic E-state index is 13.8. The van der Waals surface area contributed by atoms with Crippen molar-refractivity contribution in [1.29, 1.82) is 0 Å². The second-order valence-electron chi connectivity index (χ2n) is 6.12. The van der Waals surface area contributed by atoms with E-state index in [4.69, 9.17) is 0 Å². The number of carbonyl (C=O) groups excluding carboxylic acids is 1. The van der Waals surface area contributed by atoms with Crippen molar-refractivity contribution in [3.05, 3.63) is 58.4 Å². The fraction of sp³-hybridized carbons (Fsp3) is 0.278. The molecule has 0 fully saturated rings. The number of rotatable bonds is 2. The zero-order valence-electron chi connectivity index (χ0n) is 13.0. The molecule has 2 aromatic carbocycles. The Morgan fingerprint density at radius 2 is 1.91 bits per heavy atom. The lowest BCUT2D eigenvalue weighted by Crippen LogP contribution is -2.25. The molecule has 2 N–H and O–H groups in total. The lowest BCUT2D eigenvalue weighted by atomic mass is 9.98. The molecule has 4 nitrogen and oxygen atoms in total. The van der Waals surface area contributed by atoms with Gasteiger partial charge in [-0.05, 0) is 29.2 Å². The van der Waals surface area contributed by atoms with E-state index in [0.717, 1.165) is 5.56 Å². The largest absolute Gasteiger partial charge is 0.508 e. The molecule has 0 bridgehead atoms. The van der Waals surface area contributed by atoms with Crippen LogP contribution >= 0.6 is 0 Å². The first kappa shape index (κ1) is 15.3. The minimum atomic E-state index is -0.375. The van der Waals surface area contributed by atoms with Gasteiger partial charge < -0.3 is 15.1 Å². The number of aromatic hydroxyl groups is 2. The Morgan fingerprint density at radius 3 is 2.57 bits per heavy atom. The quantitative estimate of drug-likeness (QED) is 0.891. The predicted molar refractivity (Wildman–Crippen MR) is 83.8 cm³/mol. The van der Waals surface area contributed by atoms with Gasteiger partial charge in [-0.3, -0.25) is 4.79 Å². The third kappa shape index (κ3) is 2.63. The van der Waals surface area contributed by atoms with Crippen LogP contribution in [0.25, 0.3) is 0 Å². The van der Waals surface area contributed by atoms with Crippen molar-refractivity contribution in [2.75, 3.05) is 0 Å². The van der Waals surface area contributed by atoms with Gasteiger partial charge in [0.2, 0.25) is 0 Å². The van der Waals surface area contributed by atoms with Crippen LogP contribution < -0.4 is 0 Å². The third-order valence-electron chi connectivity index (χ3n) is 4.21. The molecule has 0 radical (unpaired) electrons. The van der Waals surface area contributed by atoms with Gasteiger partial charge in [0.1, 0.15) is 17.3 Å². The summed E-state index contributed by atoms with van der Waals surface area (Å²) in [6, 6.07) is 7.49. The summed E-state index contributed by atoms with van der Waals surface area (Å²) in [5.74, 6) is -0.996. The highest BCUT2D eigenvalue weighted by Crippen LogP contribution is 2.34. The summed E-state index contributed by atoms with van der Waals surface area (Å²) in [7, 11) is 0. The van der Waals surface area contributed by atoms with Gasteiger partial charge in [0.15, 0.2) is 0 Å². The lowest BCUT2D eigenvalue weighted by Gasteiger charge is -2.18. The normalized spacial score (nSPS) is 13.5. The van der Waals surface area contributed by atoms with Crippen molar-refractivity contribution in [3.8, 4) is 11.5 Å². The average molecular weight is 315 g/mol. The van der Waals surface area contributed by atoms with Gasteiger partial charge in [-0.15, -0.1) is 0 Å². The van der Waals surface area contributed by atoms with Gasteiger partial charge in [0.25, 0.3) is 5.91 Å². The molecule has 5 heteroatoms. The van der Waals surface area contributed by atoms with Crippen LogP contribution in [0.5, 0.6) is 11.5 Å². The Balaban J connectivity index is 1.94. The summed E-state index contributed by atoms with van der Waals surface area (Å²) in [5, 5.41) is 19.9. The molecule has 1 aliphatic rings. The molecule has 120 valence electrons.